The van der Waals surface area contributed by atoms with Crippen LogP contribution < -0.4 is 10.1 Å². The minimum atomic E-state index is -0.211. The molecule has 6 heteroatoms. The summed E-state index contributed by atoms with van der Waals surface area (Å²) in [6.07, 6.45) is 0. The number of rotatable bonds is 4. The Bertz CT molecular complexity index is 1380. The molecule has 5 nitrogen and oxygen atoms in total. The Kier molecular flexibility index (Phi) is 4.61. The average Bonchev–Trinajstić information content (AvgIpc) is 3.20. The number of fused-ring (bicyclic) bond motifs is 2. The van der Waals surface area contributed by atoms with Gasteiger partial charge in [-0.05, 0) is 30.3 Å². The lowest BCUT2D eigenvalue weighted by molar-refractivity contribution is 0.102. The smallest absolute Gasteiger partial charge is 0.258 e. The summed E-state index contributed by atoms with van der Waals surface area (Å²) in [6, 6.07) is 25.0. The van der Waals surface area contributed by atoms with Crippen molar-refractivity contribution in [2.45, 2.75) is 0 Å². The van der Waals surface area contributed by atoms with Gasteiger partial charge in [-0.3, -0.25) is 10.1 Å². The first-order valence-electron chi connectivity index (χ1n) is 9.42. The maximum atomic E-state index is 13.2. The second-order valence-corrected chi connectivity index (χ2v) is 7.78. The van der Waals surface area contributed by atoms with Crippen LogP contribution in [0.15, 0.2) is 78.9 Å². The number of amides is 1. The van der Waals surface area contributed by atoms with Gasteiger partial charge in [-0.1, -0.05) is 59.9 Å². The van der Waals surface area contributed by atoms with E-state index in [1.54, 1.807) is 7.11 Å². The molecule has 0 unspecified atom stereocenters. The van der Waals surface area contributed by atoms with Crippen molar-refractivity contribution in [3.63, 3.8) is 0 Å². The molecule has 3 aromatic carbocycles. The Morgan fingerprint density at radius 3 is 2.53 bits per heavy atom. The number of nitrogens with zero attached hydrogens (tertiary/aromatic N) is 2. The highest BCUT2D eigenvalue weighted by atomic mass is 32.1. The molecule has 5 aromatic rings. The fourth-order valence-corrected chi connectivity index (χ4v) is 4.26. The zero-order valence-electron chi connectivity index (χ0n) is 16.1. The van der Waals surface area contributed by atoms with Crippen LogP contribution in [0.5, 0.6) is 5.75 Å². The molecule has 0 fully saturated rings. The highest BCUT2D eigenvalue weighted by Gasteiger charge is 2.16. The number of aromatic nitrogens is 2. The fourth-order valence-electron chi connectivity index (χ4n) is 3.37. The van der Waals surface area contributed by atoms with E-state index in [4.69, 9.17) is 9.72 Å². The van der Waals surface area contributed by atoms with Crippen LogP contribution in [-0.2, 0) is 0 Å². The monoisotopic (exact) mass is 411 g/mol. The van der Waals surface area contributed by atoms with Crippen LogP contribution >= 0.6 is 11.3 Å². The highest BCUT2D eigenvalue weighted by molar-refractivity contribution is 7.22. The third kappa shape index (κ3) is 3.38. The van der Waals surface area contributed by atoms with Crippen molar-refractivity contribution in [3.05, 3.63) is 84.4 Å². The summed E-state index contributed by atoms with van der Waals surface area (Å²) < 4.78 is 6.22. The molecule has 0 radical (unpaired) electrons. The Hall–Kier alpha value is -3.77. The number of benzene rings is 3. The number of thiazole rings is 1. The van der Waals surface area contributed by atoms with Gasteiger partial charge in [-0.15, -0.1) is 0 Å². The summed E-state index contributed by atoms with van der Waals surface area (Å²) in [5.74, 6) is 0.549. The summed E-state index contributed by atoms with van der Waals surface area (Å²) in [6.45, 7) is 0. The number of carbonyl (C=O) groups is 1. The molecule has 1 amide bonds. The summed E-state index contributed by atoms with van der Waals surface area (Å²) in [5, 5.41) is 4.31. The summed E-state index contributed by atoms with van der Waals surface area (Å²) >= 11 is 1.42. The van der Waals surface area contributed by atoms with Crippen molar-refractivity contribution in [2.75, 3.05) is 12.4 Å². The third-order valence-corrected chi connectivity index (χ3v) is 5.78. The van der Waals surface area contributed by atoms with Crippen LogP contribution in [0.2, 0.25) is 0 Å². The van der Waals surface area contributed by atoms with Crippen molar-refractivity contribution < 1.29 is 9.53 Å². The van der Waals surface area contributed by atoms with Crippen LogP contribution in [-0.4, -0.2) is 23.0 Å². The van der Waals surface area contributed by atoms with E-state index in [1.807, 2.05) is 78.9 Å². The van der Waals surface area contributed by atoms with Gasteiger partial charge in [0.25, 0.3) is 5.91 Å². The topological polar surface area (TPSA) is 64.1 Å². The molecule has 0 aliphatic heterocycles. The summed E-state index contributed by atoms with van der Waals surface area (Å²) in [7, 11) is 1.63. The van der Waals surface area contributed by atoms with E-state index in [0.29, 0.717) is 10.7 Å². The van der Waals surface area contributed by atoms with Gasteiger partial charge in [0.15, 0.2) is 5.13 Å². The van der Waals surface area contributed by atoms with Gasteiger partial charge in [0.2, 0.25) is 0 Å². The van der Waals surface area contributed by atoms with Crippen LogP contribution in [0.25, 0.3) is 32.4 Å². The number of anilines is 1. The standard InChI is InChI=1S/C24H17N3O2S/c1-29-16-11-12-20-22(13-16)30-24(26-20)27-23(28)18-14-21(15-7-3-2-4-8-15)25-19-10-6-5-9-17(18)19/h2-14H,1H3,(H,26,27,28). The third-order valence-electron chi connectivity index (χ3n) is 4.85. The predicted molar refractivity (Wildman–Crippen MR) is 121 cm³/mol. The minimum absolute atomic E-state index is 0.211. The van der Waals surface area contributed by atoms with E-state index >= 15 is 0 Å². The highest BCUT2D eigenvalue weighted by Crippen LogP contribution is 2.30. The molecule has 2 aromatic heterocycles. The molecule has 146 valence electrons. The van der Waals surface area contributed by atoms with E-state index < -0.39 is 0 Å². The van der Waals surface area contributed by atoms with E-state index in [9.17, 15) is 4.79 Å². The van der Waals surface area contributed by atoms with E-state index in [2.05, 4.69) is 10.3 Å². The second-order valence-electron chi connectivity index (χ2n) is 6.75. The van der Waals surface area contributed by atoms with Crippen molar-refractivity contribution >= 4 is 43.5 Å². The number of nitrogens with one attached hydrogen (secondary N) is 1. The fraction of sp³-hybridized carbons (Fsp3) is 0.0417. The summed E-state index contributed by atoms with van der Waals surface area (Å²) in [4.78, 5) is 22.5. The number of pyridine rings is 1. The molecule has 0 aliphatic carbocycles. The zero-order chi connectivity index (χ0) is 20.5. The molecule has 30 heavy (non-hydrogen) atoms. The van der Waals surface area contributed by atoms with Crippen LogP contribution in [0, 0.1) is 0 Å². The van der Waals surface area contributed by atoms with E-state index in [0.717, 1.165) is 38.1 Å². The largest absolute Gasteiger partial charge is 0.497 e. The molecule has 2 heterocycles. The molecule has 5 rings (SSSR count). The molecule has 0 bridgehead atoms. The lowest BCUT2D eigenvalue weighted by atomic mass is 10.0. The van der Waals surface area contributed by atoms with Crippen LogP contribution in [0.3, 0.4) is 0 Å². The number of hydrogen-bond donors (Lipinski definition) is 1. The second kappa shape index (κ2) is 7.57. The average molecular weight is 411 g/mol. The minimum Gasteiger partial charge on any atom is -0.497 e. The van der Waals surface area contributed by atoms with Gasteiger partial charge in [-0.2, -0.15) is 0 Å². The first-order chi connectivity index (χ1) is 14.7. The van der Waals surface area contributed by atoms with Crippen molar-refractivity contribution in [1.82, 2.24) is 9.97 Å². The van der Waals surface area contributed by atoms with Gasteiger partial charge in [0, 0.05) is 10.9 Å². The molecular weight excluding hydrogens is 394 g/mol. The van der Waals surface area contributed by atoms with Crippen LogP contribution in [0.1, 0.15) is 10.4 Å². The number of para-hydroxylation sites is 1. The predicted octanol–water partition coefficient (Wildman–Crippen LogP) is 5.77. The molecule has 0 aliphatic rings. The first-order valence-corrected chi connectivity index (χ1v) is 10.2. The zero-order valence-corrected chi connectivity index (χ0v) is 16.9. The Balaban J connectivity index is 1.55. The van der Waals surface area contributed by atoms with Gasteiger partial charge in [0.05, 0.1) is 34.1 Å². The van der Waals surface area contributed by atoms with E-state index in [1.165, 1.54) is 11.3 Å². The molecule has 0 atom stereocenters. The quantitative estimate of drug-likeness (QED) is 0.408. The molecule has 0 saturated heterocycles. The van der Waals surface area contributed by atoms with Crippen LogP contribution in [0.4, 0.5) is 5.13 Å². The van der Waals surface area contributed by atoms with Gasteiger partial charge < -0.3 is 4.74 Å². The molecular formula is C24H17N3O2S. The SMILES string of the molecule is COc1ccc2nc(NC(=O)c3cc(-c4ccccc4)nc4ccccc34)sc2c1. The Labute approximate surface area is 177 Å². The molecule has 1 N–H and O–H groups in total. The molecule has 0 saturated carbocycles. The maximum Gasteiger partial charge on any atom is 0.258 e. The number of carbonyl (C=O) groups excluding carboxylic acids is 1. The van der Waals surface area contributed by atoms with Crippen molar-refractivity contribution in [3.8, 4) is 17.0 Å². The summed E-state index contributed by atoms with van der Waals surface area (Å²) in [5.41, 5.74) is 3.88. The normalized spacial score (nSPS) is 11.0. The number of methoxy groups -OCH3 is 1. The van der Waals surface area contributed by atoms with E-state index in [-0.39, 0.29) is 5.91 Å². The number of ether oxygens (including phenoxy) is 1. The Morgan fingerprint density at radius 1 is 0.900 bits per heavy atom. The van der Waals surface area contributed by atoms with Gasteiger partial charge in [0.1, 0.15) is 5.75 Å². The lowest BCUT2D eigenvalue weighted by Gasteiger charge is -2.09. The first kappa shape index (κ1) is 18.3. The maximum absolute atomic E-state index is 13.2. The van der Waals surface area contributed by atoms with Crippen molar-refractivity contribution in [2.24, 2.45) is 0 Å². The Morgan fingerprint density at radius 2 is 1.70 bits per heavy atom. The number of hydrogen-bond acceptors (Lipinski definition) is 5. The van der Waals surface area contributed by atoms with Gasteiger partial charge in [-0.25, -0.2) is 9.97 Å². The molecule has 0 spiro atoms. The van der Waals surface area contributed by atoms with Gasteiger partial charge >= 0.3 is 0 Å². The lowest BCUT2D eigenvalue weighted by Crippen LogP contribution is -2.13. The van der Waals surface area contributed by atoms with Crippen molar-refractivity contribution in [1.29, 1.82) is 0 Å².